The Balaban J connectivity index is 1.56. The van der Waals surface area contributed by atoms with Crippen molar-refractivity contribution in [1.82, 2.24) is 4.57 Å². The third kappa shape index (κ3) is 3.86. The van der Waals surface area contributed by atoms with Gasteiger partial charge in [0.1, 0.15) is 0 Å². The van der Waals surface area contributed by atoms with Crippen LogP contribution in [0.1, 0.15) is 12.5 Å². The van der Waals surface area contributed by atoms with Crippen LogP contribution in [0.15, 0.2) is 66.0 Å². The zero-order valence-electron chi connectivity index (χ0n) is 15.8. The van der Waals surface area contributed by atoms with E-state index in [2.05, 4.69) is 17.6 Å². The number of nitrogens with zero attached hydrogens (tertiary/aromatic N) is 1. The molecule has 6 nitrogen and oxygen atoms in total. The van der Waals surface area contributed by atoms with Crippen molar-refractivity contribution in [2.24, 2.45) is 5.73 Å². The summed E-state index contributed by atoms with van der Waals surface area (Å²) in [5.41, 5.74) is 9.61. The molecule has 0 aliphatic carbocycles. The van der Waals surface area contributed by atoms with Gasteiger partial charge in [-0.15, -0.1) is 11.3 Å². The molecule has 0 fully saturated rings. The summed E-state index contributed by atoms with van der Waals surface area (Å²) in [4.78, 5) is 25.2. The van der Waals surface area contributed by atoms with E-state index in [4.69, 9.17) is 5.73 Å². The minimum absolute atomic E-state index is 0.321. The Labute approximate surface area is 172 Å². The number of hydrogen-bond acceptors (Lipinski definition) is 3. The molecule has 7 heteroatoms. The van der Waals surface area contributed by atoms with Gasteiger partial charge in [-0.1, -0.05) is 37.3 Å². The van der Waals surface area contributed by atoms with Crippen LogP contribution >= 0.6 is 11.3 Å². The second-order valence-corrected chi connectivity index (χ2v) is 7.51. The molecule has 0 unspecified atom stereocenters. The van der Waals surface area contributed by atoms with E-state index in [1.54, 1.807) is 0 Å². The second-order valence-electron chi connectivity index (χ2n) is 6.59. The number of aromatic nitrogens is 1. The molecule has 2 aromatic carbocycles. The molecule has 4 rings (SSSR count). The first-order valence-electron chi connectivity index (χ1n) is 9.21. The van der Waals surface area contributed by atoms with Gasteiger partial charge in [-0.3, -0.25) is 4.57 Å². The highest BCUT2D eigenvalue weighted by atomic mass is 32.1. The van der Waals surface area contributed by atoms with Gasteiger partial charge in [0.05, 0.1) is 21.8 Å². The minimum atomic E-state index is -0.544. The third-order valence-corrected chi connectivity index (χ3v) is 5.59. The normalized spacial score (nSPS) is 10.8. The van der Waals surface area contributed by atoms with Crippen molar-refractivity contribution in [2.75, 3.05) is 10.6 Å². The monoisotopic (exact) mass is 404 g/mol. The number of carbonyl (C=O) groups is 2. The van der Waals surface area contributed by atoms with Gasteiger partial charge in [0.2, 0.25) is 0 Å². The van der Waals surface area contributed by atoms with Gasteiger partial charge in [-0.2, -0.15) is 0 Å². The predicted octanol–water partition coefficient (Wildman–Crippen LogP) is 5.50. The van der Waals surface area contributed by atoms with Crippen molar-refractivity contribution < 1.29 is 9.59 Å². The predicted molar refractivity (Wildman–Crippen MR) is 119 cm³/mol. The molecule has 0 saturated carbocycles. The Kier molecular flexibility index (Phi) is 5.05. The summed E-state index contributed by atoms with van der Waals surface area (Å²) in [6, 6.07) is 18.2. The lowest BCUT2D eigenvalue weighted by Gasteiger charge is -2.07. The van der Waals surface area contributed by atoms with Crippen molar-refractivity contribution in [2.45, 2.75) is 13.3 Å². The summed E-state index contributed by atoms with van der Waals surface area (Å²) in [5, 5.41) is 8.44. The van der Waals surface area contributed by atoms with Gasteiger partial charge in [-0.05, 0) is 42.3 Å². The number of amides is 3. The first-order valence-corrected chi connectivity index (χ1v) is 10.1. The summed E-state index contributed by atoms with van der Waals surface area (Å²) < 4.78 is 1.49. The SMILES string of the molecule is CCc1cccc(NC(=O)Nc2csc(-c3cc4ccccc4n3C(N)=O)c2)c1. The molecule has 0 radical (unpaired) electrons. The highest BCUT2D eigenvalue weighted by Crippen LogP contribution is 2.34. The topological polar surface area (TPSA) is 89.2 Å². The summed E-state index contributed by atoms with van der Waals surface area (Å²) in [5.74, 6) is 0. The molecule has 4 N–H and O–H groups in total. The van der Waals surface area contributed by atoms with E-state index in [1.165, 1.54) is 15.9 Å². The molecule has 0 saturated heterocycles. The smallest absolute Gasteiger partial charge is 0.323 e. The maximum atomic E-state index is 12.3. The zero-order chi connectivity index (χ0) is 20.4. The first kappa shape index (κ1) is 18.8. The van der Waals surface area contributed by atoms with Gasteiger partial charge in [0, 0.05) is 16.5 Å². The van der Waals surface area contributed by atoms with Crippen LogP contribution < -0.4 is 16.4 Å². The van der Waals surface area contributed by atoms with Crippen LogP contribution in [-0.2, 0) is 6.42 Å². The lowest BCUT2D eigenvalue weighted by molar-refractivity contribution is 0.251. The van der Waals surface area contributed by atoms with Gasteiger partial charge < -0.3 is 16.4 Å². The Bertz CT molecular complexity index is 1210. The molecule has 0 spiro atoms. The van der Waals surface area contributed by atoms with E-state index in [0.29, 0.717) is 11.4 Å². The van der Waals surface area contributed by atoms with Crippen LogP contribution in [0.2, 0.25) is 0 Å². The van der Waals surface area contributed by atoms with E-state index in [9.17, 15) is 9.59 Å². The second kappa shape index (κ2) is 7.81. The van der Waals surface area contributed by atoms with E-state index in [-0.39, 0.29) is 6.03 Å². The highest BCUT2D eigenvalue weighted by Gasteiger charge is 2.16. The summed E-state index contributed by atoms with van der Waals surface area (Å²) in [6.07, 6.45) is 0.902. The average Bonchev–Trinajstić information content (AvgIpc) is 3.32. The number of anilines is 2. The fraction of sp³-hybridized carbons (Fsp3) is 0.0909. The van der Waals surface area contributed by atoms with Crippen molar-refractivity contribution in [3.63, 3.8) is 0 Å². The molecule has 3 amide bonds. The van der Waals surface area contributed by atoms with Gasteiger partial charge in [0.25, 0.3) is 0 Å². The third-order valence-electron chi connectivity index (χ3n) is 4.63. The van der Waals surface area contributed by atoms with Gasteiger partial charge in [-0.25, -0.2) is 9.59 Å². The number of thiophene rings is 1. The molecule has 0 aliphatic rings. The number of nitrogens with two attached hydrogens (primary N) is 1. The fourth-order valence-electron chi connectivity index (χ4n) is 3.27. The number of primary amides is 1. The summed E-state index contributed by atoms with van der Waals surface area (Å²) >= 11 is 1.43. The molecular weight excluding hydrogens is 384 g/mol. The molecule has 29 heavy (non-hydrogen) atoms. The molecule has 4 aromatic rings. The maximum absolute atomic E-state index is 12.3. The largest absolute Gasteiger partial charge is 0.351 e. The standard InChI is InChI=1S/C22H20N4O2S/c1-2-14-6-5-8-16(10-14)24-22(28)25-17-12-20(29-13-17)19-11-15-7-3-4-9-18(15)26(19)21(23)27/h3-13H,2H2,1H3,(H2,23,27)(H2,24,25,28). The van der Waals surface area contributed by atoms with Crippen molar-refractivity contribution in [1.29, 1.82) is 0 Å². The molecule has 146 valence electrons. The number of nitrogens with one attached hydrogen (secondary N) is 2. The Morgan fingerprint density at radius 2 is 1.79 bits per heavy atom. The Morgan fingerprint density at radius 1 is 1.00 bits per heavy atom. The molecule has 0 aliphatic heterocycles. The van der Waals surface area contributed by atoms with Crippen LogP contribution in [0, 0.1) is 0 Å². The first-order chi connectivity index (χ1) is 14.0. The summed E-state index contributed by atoms with van der Waals surface area (Å²) in [6.45, 7) is 2.07. The van der Waals surface area contributed by atoms with Crippen molar-refractivity contribution in [3.05, 3.63) is 71.6 Å². The van der Waals surface area contributed by atoms with Crippen molar-refractivity contribution in [3.8, 4) is 10.6 Å². The van der Waals surface area contributed by atoms with Crippen LogP contribution in [0.5, 0.6) is 0 Å². The van der Waals surface area contributed by atoms with E-state index in [0.717, 1.165) is 33.5 Å². The zero-order valence-corrected chi connectivity index (χ0v) is 16.6. The van der Waals surface area contributed by atoms with Crippen LogP contribution in [0.3, 0.4) is 0 Å². The number of rotatable bonds is 4. The van der Waals surface area contributed by atoms with E-state index in [1.807, 2.05) is 66.0 Å². The molecule has 0 atom stereocenters. The molecule has 2 heterocycles. The minimum Gasteiger partial charge on any atom is -0.351 e. The highest BCUT2D eigenvalue weighted by molar-refractivity contribution is 7.14. The fourth-order valence-corrected chi connectivity index (χ4v) is 4.12. The lowest BCUT2D eigenvalue weighted by atomic mass is 10.1. The lowest BCUT2D eigenvalue weighted by Crippen LogP contribution is -2.20. The van der Waals surface area contributed by atoms with Crippen LogP contribution in [0.25, 0.3) is 21.5 Å². The maximum Gasteiger partial charge on any atom is 0.323 e. The number of urea groups is 1. The number of benzene rings is 2. The van der Waals surface area contributed by atoms with Gasteiger partial charge in [0.15, 0.2) is 0 Å². The van der Waals surface area contributed by atoms with Crippen LogP contribution in [0.4, 0.5) is 21.0 Å². The Morgan fingerprint density at radius 3 is 2.59 bits per heavy atom. The summed E-state index contributed by atoms with van der Waals surface area (Å²) in [7, 11) is 0. The van der Waals surface area contributed by atoms with E-state index < -0.39 is 6.03 Å². The van der Waals surface area contributed by atoms with E-state index >= 15 is 0 Å². The number of fused-ring (bicyclic) bond motifs is 1. The van der Waals surface area contributed by atoms with Gasteiger partial charge >= 0.3 is 12.1 Å². The molecular formula is C22H20N4O2S. The number of carbonyl (C=O) groups excluding carboxylic acids is 2. The van der Waals surface area contributed by atoms with Crippen molar-refractivity contribution >= 4 is 45.7 Å². The Hall–Kier alpha value is -3.58. The number of aryl methyl sites for hydroxylation is 1. The number of para-hydroxylation sites is 1. The molecule has 2 aromatic heterocycles. The number of hydrogen-bond donors (Lipinski definition) is 3. The quantitative estimate of drug-likeness (QED) is 0.419. The average molecular weight is 404 g/mol. The molecule has 0 bridgehead atoms. The van der Waals surface area contributed by atoms with Crippen LogP contribution in [-0.4, -0.2) is 16.6 Å².